The van der Waals surface area contributed by atoms with Crippen molar-refractivity contribution in [2.45, 2.75) is 56.4 Å². The van der Waals surface area contributed by atoms with E-state index in [9.17, 15) is 45.3 Å². The molecule has 13 nitrogen and oxygen atoms in total. The molecule has 2 heterocycles. The summed E-state index contributed by atoms with van der Waals surface area (Å²) in [5.41, 5.74) is -0.351. The minimum atomic E-state index is -1.70. The van der Waals surface area contributed by atoms with Crippen LogP contribution in [0.5, 0.6) is 11.5 Å². The molecule has 1 aliphatic carbocycles. The van der Waals surface area contributed by atoms with Crippen molar-refractivity contribution in [2.24, 2.45) is 17.8 Å². The normalized spacial score (nSPS) is 38.0. The summed E-state index contributed by atoms with van der Waals surface area (Å²) in [5.74, 6) is -5.27. The molecule has 13 heteroatoms. The summed E-state index contributed by atoms with van der Waals surface area (Å²) < 4.78 is 22.2. The van der Waals surface area contributed by atoms with Crippen molar-refractivity contribution in [3.63, 3.8) is 0 Å². The Morgan fingerprint density at radius 1 is 1.08 bits per heavy atom. The van der Waals surface area contributed by atoms with E-state index in [4.69, 9.17) is 18.9 Å². The van der Waals surface area contributed by atoms with Gasteiger partial charge in [0.15, 0.2) is 17.8 Å². The van der Waals surface area contributed by atoms with Gasteiger partial charge in [-0.3, -0.25) is 0 Å². The average molecular weight is 512 g/mol. The first-order chi connectivity index (χ1) is 17.0. The molecule has 0 amide bonds. The van der Waals surface area contributed by atoms with Crippen LogP contribution in [0.2, 0.25) is 0 Å². The van der Waals surface area contributed by atoms with Gasteiger partial charge in [-0.25, -0.2) is 9.59 Å². The van der Waals surface area contributed by atoms with Gasteiger partial charge in [-0.2, -0.15) is 0 Å². The molecule has 198 valence electrons. The number of carboxylic acids is 1. The predicted molar refractivity (Wildman–Crippen MR) is 115 cm³/mol. The molecular weight excluding hydrogens is 484 g/mol. The maximum absolute atomic E-state index is 12.7. The number of aliphatic carboxylic acids is 1. The van der Waals surface area contributed by atoms with Gasteiger partial charge in [-0.15, -0.1) is 0 Å². The van der Waals surface area contributed by atoms with E-state index < -0.39 is 90.9 Å². The molecule has 4 rings (SSSR count). The van der Waals surface area contributed by atoms with E-state index in [1.165, 1.54) is 18.2 Å². The fourth-order valence-corrected chi connectivity index (χ4v) is 5.02. The topological polar surface area (TPSA) is 213 Å². The lowest BCUT2D eigenvalue weighted by atomic mass is 9.83. The third-order valence-electron chi connectivity index (χ3n) is 7.04. The molecule has 0 spiro atoms. The highest BCUT2D eigenvalue weighted by Gasteiger charge is 2.54. The van der Waals surface area contributed by atoms with Crippen molar-refractivity contribution in [1.29, 1.82) is 0 Å². The van der Waals surface area contributed by atoms with E-state index in [1.807, 2.05) is 0 Å². The molecule has 36 heavy (non-hydrogen) atoms. The number of benzene rings is 1. The Labute approximate surface area is 204 Å². The number of phenols is 2. The van der Waals surface area contributed by atoms with E-state index in [0.717, 1.165) is 6.26 Å². The van der Waals surface area contributed by atoms with Crippen LogP contribution in [0.15, 0.2) is 30.0 Å². The number of carbonyl (C=O) groups is 2. The Bertz CT molecular complexity index is 1020. The number of para-hydroxylation sites is 1. The number of esters is 1. The summed E-state index contributed by atoms with van der Waals surface area (Å²) in [6.45, 7) is 1.02. The van der Waals surface area contributed by atoms with Gasteiger partial charge in [0.05, 0.1) is 18.4 Å². The summed E-state index contributed by atoms with van der Waals surface area (Å²) >= 11 is 0. The van der Waals surface area contributed by atoms with Crippen molar-refractivity contribution >= 4 is 11.9 Å². The SMILES string of the molecule is C[C@H]1C(OC(=O)c2cccc(O)c2O)C[C@@H]2C(C(=O)O)=CO[C@@H](O[C@@H]3O[C@H](CO)[C@@H](O)[C@H](O)[C@H]3O)[C@@H]21. The third kappa shape index (κ3) is 4.61. The number of hydrogen-bond donors (Lipinski definition) is 7. The Kier molecular flexibility index (Phi) is 7.41. The highest BCUT2D eigenvalue weighted by molar-refractivity contribution is 5.93. The number of aliphatic hydroxyl groups is 4. The summed E-state index contributed by atoms with van der Waals surface area (Å²) in [6.07, 6.45) is -8.68. The lowest BCUT2D eigenvalue weighted by molar-refractivity contribution is -0.342. The van der Waals surface area contributed by atoms with Gasteiger partial charge in [0.25, 0.3) is 0 Å². The molecule has 0 bridgehead atoms. The number of ether oxygens (including phenoxy) is 4. The first kappa shape index (κ1) is 26.1. The van der Waals surface area contributed by atoms with Gasteiger partial charge in [-0.1, -0.05) is 13.0 Å². The molecule has 1 aromatic rings. The second-order valence-corrected chi connectivity index (χ2v) is 9.11. The van der Waals surface area contributed by atoms with E-state index >= 15 is 0 Å². The largest absolute Gasteiger partial charge is 0.504 e. The first-order valence-electron chi connectivity index (χ1n) is 11.3. The van der Waals surface area contributed by atoms with Gasteiger partial charge < -0.3 is 54.7 Å². The number of hydrogen-bond acceptors (Lipinski definition) is 12. The number of fused-ring (bicyclic) bond motifs is 1. The van der Waals surface area contributed by atoms with Crippen LogP contribution in [0.25, 0.3) is 0 Å². The standard InChI is InChI=1S/C23H28O13/c1-8-13(34-21(32)9-3-2-4-12(25)16(9)26)5-10-11(20(30)31)7-33-22(15(8)10)36-23-19(29)18(28)17(27)14(6-24)35-23/h2-4,7-8,10,13-15,17-19,22-29H,5-6H2,1H3,(H,30,31)/t8-,10+,13?,14+,15+,17+,18-,19+,22-,23-/m0/s1. The lowest BCUT2D eigenvalue weighted by Crippen LogP contribution is -2.60. The molecule has 10 atom stereocenters. The van der Waals surface area contributed by atoms with Crippen molar-refractivity contribution < 1.29 is 64.3 Å². The molecule has 3 aliphatic rings. The van der Waals surface area contributed by atoms with Crippen LogP contribution in [0.1, 0.15) is 23.7 Å². The molecule has 0 radical (unpaired) electrons. The molecule has 1 saturated heterocycles. The van der Waals surface area contributed by atoms with Crippen molar-refractivity contribution in [1.82, 2.24) is 0 Å². The minimum Gasteiger partial charge on any atom is -0.504 e. The zero-order valence-corrected chi connectivity index (χ0v) is 19.1. The quantitative estimate of drug-likeness (QED) is 0.181. The number of aliphatic hydroxyl groups excluding tert-OH is 4. The number of phenolic OH excluding ortho intramolecular Hbond substituents is 2. The number of rotatable bonds is 6. The lowest BCUT2D eigenvalue weighted by Gasteiger charge is -2.43. The summed E-state index contributed by atoms with van der Waals surface area (Å²) in [7, 11) is 0. The highest BCUT2D eigenvalue weighted by Crippen LogP contribution is 2.49. The van der Waals surface area contributed by atoms with Crippen LogP contribution < -0.4 is 0 Å². The molecule has 1 aromatic carbocycles. The maximum Gasteiger partial charge on any atom is 0.342 e. The van der Waals surface area contributed by atoms with Crippen LogP contribution in [-0.2, 0) is 23.7 Å². The minimum absolute atomic E-state index is 0.0766. The van der Waals surface area contributed by atoms with Crippen LogP contribution in [0, 0.1) is 17.8 Å². The zero-order chi connectivity index (χ0) is 26.3. The number of carboxylic acid groups (broad SMARTS) is 1. The summed E-state index contributed by atoms with van der Waals surface area (Å²) in [4.78, 5) is 24.5. The number of aromatic hydroxyl groups is 2. The molecule has 7 N–H and O–H groups in total. The Hall–Kier alpha value is -2.94. The van der Waals surface area contributed by atoms with Crippen LogP contribution in [0.4, 0.5) is 0 Å². The molecule has 1 unspecified atom stereocenters. The summed E-state index contributed by atoms with van der Waals surface area (Å²) in [6, 6.07) is 3.81. The van der Waals surface area contributed by atoms with Gasteiger partial charge >= 0.3 is 11.9 Å². The first-order valence-corrected chi connectivity index (χ1v) is 11.3. The van der Waals surface area contributed by atoms with Gasteiger partial charge in [0.1, 0.15) is 36.1 Å². The van der Waals surface area contributed by atoms with Crippen molar-refractivity contribution in [3.8, 4) is 11.5 Å². The molecule has 2 aliphatic heterocycles. The van der Waals surface area contributed by atoms with Gasteiger partial charge in [-0.05, 0) is 18.6 Å². The summed E-state index contributed by atoms with van der Waals surface area (Å²) in [5, 5.41) is 69.1. The monoisotopic (exact) mass is 512 g/mol. The second kappa shape index (κ2) is 10.2. The zero-order valence-electron chi connectivity index (χ0n) is 19.1. The van der Waals surface area contributed by atoms with E-state index in [2.05, 4.69) is 0 Å². The second-order valence-electron chi connectivity index (χ2n) is 9.11. The van der Waals surface area contributed by atoms with Gasteiger partial charge in [0.2, 0.25) is 6.29 Å². The fraction of sp³-hybridized carbons (Fsp3) is 0.565. The van der Waals surface area contributed by atoms with Crippen LogP contribution in [0.3, 0.4) is 0 Å². The Morgan fingerprint density at radius 3 is 2.47 bits per heavy atom. The van der Waals surface area contributed by atoms with Crippen LogP contribution in [-0.4, -0.2) is 97.4 Å². The van der Waals surface area contributed by atoms with E-state index in [-0.39, 0.29) is 17.6 Å². The molecule has 2 fully saturated rings. The highest BCUT2D eigenvalue weighted by atomic mass is 16.8. The third-order valence-corrected chi connectivity index (χ3v) is 7.04. The maximum atomic E-state index is 12.7. The average Bonchev–Trinajstić information content (AvgIpc) is 3.17. The molecule has 0 aromatic heterocycles. The smallest absolute Gasteiger partial charge is 0.342 e. The van der Waals surface area contributed by atoms with Crippen molar-refractivity contribution in [3.05, 3.63) is 35.6 Å². The Morgan fingerprint density at radius 2 is 1.81 bits per heavy atom. The van der Waals surface area contributed by atoms with Crippen LogP contribution >= 0.6 is 0 Å². The fourth-order valence-electron chi connectivity index (χ4n) is 5.02. The van der Waals surface area contributed by atoms with Crippen molar-refractivity contribution in [2.75, 3.05) is 6.61 Å². The predicted octanol–water partition coefficient (Wildman–Crippen LogP) is -0.963. The van der Waals surface area contributed by atoms with E-state index in [0.29, 0.717) is 0 Å². The molecular formula is C23H28O13. The molecule has 1 saturated carbocycles. The van der Waals surface area contributed by atoms with E-state index in [1.54, 1.807) is 6.92 Å². The number of carbonyl (C=O) groups excluding carboxylic acids is 1. The Balaban J connectivity index is 1.55. The van der Waals surface area contributed by atoms with Gasteiger partial charge in [0, 0.05) is 17.8 Å².